The molecule has 1 aromatic carbocycles. The van der Waals surface area contributed by atoms with Crippen LogP contribution in [0.3, 0.4) is 0 Å². The monoisotopic (exact) mass is 290 g/mol. The lowest BCUT2D eigenvalue weighted by molar-refractivity contribution is -0.165. The van der Waals surface area contributed by atoms with Gasteiger partial charge in [0.2, 0.25) is 0 Å². The van der Waals surface area contributed by atoms with Crippen LogP contribution in [0.2, 0.25) is 0 Å². The van der Waals surface area contributed by atoms with E-state index in [9.17, 15) is 9.59 Å². The summed E-state index contributed by atoms with van der Waals surface area (Å²) in [6, 6.07) is 7.52. The Bertz CT molecular complexity index is 560. The van der Waals surface area contributed by atoms with Crippen molar-refractivity contribution < 1.29 is 23.8 Å². The second-order valence-corrected chi connectivity index (χ2v) is 4.87. The molecule has 0 N–H and O–H groups in total. The smallest absolute Gasteiger partial charge is 0.327 e. The van der Waals surface area contributed by atoms with Gasteiger partial charge in [0.25, 0.3) is 0 Å². The number of hydrogen-bond donors (Lipinski definition) is 0. The van der Waals surface area contributed by atoms with Gasteiger partial charge in [0, 0.05) is 11.5 Å². The molecule has 112 valence electrons. The van der Waals surface area contributed by atoms with Crippen LogP contribution in [0, 0.1) is 5.41 Å². The van der Waals surface area contributed by atoms with E-state index in [2.05, 4.69) is 0 Å². The maximum Gasteiger partial charge on any atom is 0.327 e. The molecule has 2 rings (SSSR count). The Morgan fingerprint density at radius 1 is 1.10 bits per heavy atom. The predicted molar refractivity (Wildman–Crippen MR) is 76.0 cm³/mol. The summed E-state index contributed by atoms with van der Waals surface area (Å²) < 4.78 is 14.9. The van der Waals surface area contributed by atoms with E-state index in [0.29, 0.717) is 0 Å². The van der Waals surface area contributed by atoms with Crippen molar-refractivity contribution in [1.29, 1.82) is 0 Å². The number of methoxy groups -OCH3 is 3. The van der Waals surface area contributed by atoms with E-state index in [1.165, 1.54) is 14.2 Å². The van der Waals surface area contributed by atoms with Crippen LogP contribution < -0.4 is 4.74 Å². The molecule has 21 heavy (non-hydrogen) atoms. The van der Waals surface area contributed by atoms with Gasteiger partial charge in [0.1, 0.15) is 5.75 Å². The van der Waals surface area contributed by atoms with Gasteiger partial charge in [-0.1, -0.05) is 30.4 Å². The molecule has 1 aliphatic carbocycles. The van der Waals surface area contributed by atoms with Crippen molar-refractivity contribution in [3.8, 4) is 5.75 Å². The third-order valence-electron chi connectivity index (χ3n) is 3.79. The summed E-state index contributed by atoms with van der Waals surface area (Å²) in [5.41, 5.74) is -0.458. The minimum Gasteiger partial charge on any atom is -0.496 e. The number of carbonyl (C=O) groups is 2. The van der Waals surface area contributed by atoms with Crippen molar-refractivity contribution >= 4 is 11.9 Å². The molecule has 0 saturated carbocycles. The van der Waals surface area contributed by atoms with Crippen molar-refractivity contribution in [3.05, 3.63) is 42.0 Å². The first-order valence-electron chi connectivity index (χ1n) is 6.58. The van der Waals surface area contributed by atoms with Crippen LogP contribution >= 0.6 is 0 Å². The molecule has 1 atom stereocenters. The Kier molecular flexibility index (Phi) is 4.31. The van der Waals surface area contributed by atoms with E-state index >= 15 is 0 Å². The van der Waals surface area contributed by atoms with Gasteiger partial charge in [-0.3, -0.25) is 9.59 Å². The molecule has 0 amide bonds. The SMILES string of the molecule is COC(=O)C1(C(=O)OC)C=CC(c2ccccc2OC)C1. The van der Waals surface area contributed by atoms with E-state index in [4.69, 9.17) is 14.2 Å². The summed E-state index contributed by atoms with van der Waals surface area (Å²) in [6.45, 7) is 0. The molecular weight excluding hydrogens is 272 g/mol. The van der Waals surface area contributed by atoms with Gasteiger partial charge in [-0.05, 0) is 12.5 Å². The Morgan fingerprint density at radius 2 is 1.71 bits per heavy atom. The fraction of sp³-hybridized carbons (Fsp3) is 0.375. The number of esters is 2. The number of carbonyl (C=O) groups excluding carboxylic acids is 2. The number of para-hydroxylation sites is 1. The van der Waals surface area contributed by atoms with Gasteiger partial charge in [-0.2, -0.15) is 0 Å². The number of benzene rings is 1. The largest absolute Gasteiger partial charge is 0.496 e. The molecule has 0 heterocycles. The Labute approximate surface area is 123 Å². The highest BCUT2D eigenvalue weighted by Gasteiger charge is 2.50. The number of rotatable bonds is 4. The summed E-state index contributed by atoms with van der Waals surface area (Å²) in [5, 5.41) is 0. The standard InChI is InChI=1S/C16H18O5/c1-19-13-7-5-4-6-12(13)11-8-9-16(10-11,14(17)20-2)15(18)21-3/h4-9,11H,10H2,1-3H3. The molecule has 1 unspecified atom stereocenters. The van der Waals surface area contributed by atoms with Crippen LogP contribution in [-0.4, -0.2) is 33.3 Å². The first-order chi connectivity index (χ1) is 10.1. The minimum absolute atomic E-state index is 0.112. The zero-order valence-electron chi connectivity index (χ0n) is 12.3. The third-order valence-corrected chi connectivity index (χ3v) is 3.79. The fourth-order valence-corrected chi connectivity index (χ4v) is 2.70. The second-order valence-electron chi connectivity index (χ2n) is 4.87. The van der Waals surface area contributed by atoms with Gasteiger partial charge in [-0.25, -0.2) is 0 Å². The minimum atomic E-state index is -1.38. The predicted octanol–water partition coefficient (Wildman–Crippen LogP) is 2.07. The van der Waals surface area contributed by atoms with Crippen LogP contribution in [0.15, 0.2) is 36.4 Å². The molecule has 0 spiro atoms. The third kappa shape index (κ3) is 2.51. The Morgan fingerprint density at radius 3 is 2.29 bits per heavy atom. The van der Waals surface area contributed by atoms with Crippen LogP contribution in [-0.2, 0) is 19.1 Å². The highest BCUT2D eigenvalue weighted by Crippen LogP contribution is 2.44. The van der Waals surface area contributed by atoms with Gasteiger partial charge in [0.15, 0.2) is 5.41 Å². The molecular formula is C16H18O5. The van der Waals surface area contributed by atoms with E-state index < -0.39 is 17.4 Å². The molecule has 5 nitrogen and oxygen atoms in total. The summed E-state index contributed by atoms with van der Waals surface area (Å²) in [7, 11) is 4.11. The molecule has 1 aliphatic rings. The zero-order valence-corrected chi connectivity index (χ0v) is 12.3. The van der Waals surface area contributed by atoms with Gasteiger partial charge in [0.05, 0.1) is 21.3 Å². The van der Waals surface area contributed by atoms with Crippen LogP contribution in [0.25, 0.3) is 0 Å². The first kappa shape index (κ1) is 15.1. The summed E-state index contributed by atoms with van der Waals surface area (Å²) >= 11 is 0. The Balaban J connectivity index is 2.35. The van der Waals surface area contributed by atoms with Crippen molar-refractivity contribution in [2.24, 2.45) is 5.41 Å². The average molecular weight is 290 g/mol. The summed E-state index contributed by atoms with van der Waals surface area (Å²) in [4.78, 5) is 24.1. The van der Waals surface area contributed by atoms with Crippen molar-refractivity contribution in [2.75, 3.05) is 21.3 Å². The molecule has 1 aromatic rings. The topological polar surface area (TPSA) is 61.8 Å². The van der Waals surface area contributed by atoms with Crippen LogP contribution in [0.1, 0.15) is 17.9 Å². The van der Waals surface area contributed by atoms with Crippen LogP contribution in [0.5, 0.6) is 5.75 Å². The van der Waals surface area contributed by atoms with Crippen molar-refractivity contribution in [2.45, 2.75) is 12.3 Å². The summed E-state index contributed by atoms with van der Waals surface area (Å²) in [6.07, 6.45) is 3.67. The first-order valence-corrected chi connectivity index (χ1v) is 6.58. The molecule has 0 radical (unpaired) electrons. The maximum atomic E-state index is 12.1. The zero-order chi connectivity index (χ0) is 15.5. The van der Waals surface area contributed by atoms with Gasteiger partial charge in [-0.15, -0.1) is 0 Å². The average Bonchev–Trinajstić information content (AvgIpc) is 2.99. The van der Waals surface area contributed by atoms with Crippen molar-refractivity contribution in [3.63, 3.8) is 0 Å². The summed E-state index contributed by atoms with van der Waals surface area (Å²) in [5.74, 6) is -0.608. The van der Waals surface area contributed by atoms with Crippen LogP contribution in [0.4, 0.5) is 0 Å². The second kappa shape index (κ2) is 5.99. The number of allylic oxidation sites excluding steroid dienone is 1. The van der Waals surface area contributed by atoms with E-state index in [1.54, 1.807) is 13.2 Å². The number of ether oxygens (including phenoxy) is 3. The Hall–Kier alpha value is -2.30. The quantitative estimate of drug-likeness (QED) is 0.482. The lowest BCUT2D eigenvalue weighted by atomic mass is 9.83. The highest BCUT2D eigenvalue weighted by molar-refractivity contribution is 6.03. The fourth-order valence-electron chi connectivity index (χ4n) is 2.70. The molecule has 0 saturated heterocycles. The van der Waals surface area contributed by atoms with E-state index in [-0.39, 0.29) is 12.3 Å². The molecule has 0 bridgehead atoms. The molecule has 0 aliphatic heterocycles. The lowest BCUT2D eigenvalue weighted by Gasteiger charge is -2.23. The molecule has 0 fully saturated rings. The van der Waals surface area contributed by atoms with Gasteiger partial charge >= 0.3 is 11.9 Å². The van der Waals surface area contributed by atoms with E-state index in [1.807, 2.05) is 30.3 Å². The normalized spacial score (nSPS) is 19.1. The highest BCUT2D eigenvalue weighted by atomic mass is 16.5. The van der Waals surface area contributed by atoms with E-state index in [0.717, 1.165) is 11.3 Å². The number of hydrogen-bond acceptors (Lipinski definition) is 5. The molecule has 5 heteroatoms. The van der Waals surface area contributed by atoms with Gasteiger partial charge < -0.3 is 14.2 Å². The molecule has 0 aromatic heterocycles. The van der Waals surface area contributed by atoms with Crippen molar-refractivity contribution in [1.82, 2.24) is 0 Å². The maximum absolute atomic E-state index is 12.1. The lowest BCUT2D eigenvalue weighted by Crippen LogP contribution is -2.38.